The average Bonchev–Trinajstić information content (AvgIpc) is 2.58. The number of carbonyl (C=O) groups is 1. The van der Waals surface area contributed by atoms with Crippen LogP contribution >= 0.6 is 27.5 Å². The molecule has 1 amide bonds. The first-order valence-corrected chi connectivity index (χ1v) is 7.70. The number of fused-ring (bicyclic) bond motifs is 1. The second-order valence-corrected chi connectivity index (χ2v) is 6.23. The normalized spacial score (nSPS) is 17.8. The first-order valence-electron chi connectivity index (χ1n) is 6.52. The van der Waals surface area contributed by atoms with Crippen molar-refractivity contribution >= 4 is 44.8 Å². The van der Waals surface area contributed by atoms with Gasteiger partial charge in [0.25, 0.3) is 12.2 Å². The minimum atomic E-state index is -1.94. The number of rotatable bonds is 1. The van der Waals surface area contributed by atoms with Crippen molar-refractivity contribution in [3.63, 3.8) is 0 Å². The van der Waals surface area contributed by atoms with E-state index < -0.39 is 12.2 Å². The molecule has 3 nitrogen and oxygen atoms in total. The highest BCUT2D eigenvalue weighted by molar-refractivity contribution is 9.10. The van der Waals surface area contributed by atoms with Crippen LogP contribution in [-0.4, -0.2) is 25.0 Å². The Morgan fingerprint density at radius 3 is 2.77 bits per heavy atom. The van der Waals surface area contributed by atoms with E-state index >= 15 is 0 Å². The van der Waals surface area contributed by atoms with Crippen LogP contribution in [0.4, 0.5) is 10.1 Å². The summed E-state index contributed by atoms with van der Waals surface area (Å²) < 4.78 is 15.0. The van der Waals surface area contributed by atoms with Gasteiger partial charge in [0.05, 0.1) is 11.4 Å². The standard InChI is InChI=1S/C16H11BrClFN2O/c1-21-13-6-5-10(17)8-12(13)14(20-15(19)16(21)22)9-3-2-4-11(18)7-9/h2-8,15H,1H3. The molecule has 22 heavy (non-hydrogen) atoms. The number of likely N-dealkylation sites (N-methyl/N-ethyl adjacent to an activating group) is 1. The molecule has 6 heteroatoms. The zero-order valence-corrected chi connectivity index (χ0v) is 13.9. The van der Waals surface area contributed by atoms with E-state index in [-0.39, 0.29) is 0 Å². The Balaban J connectivity index is 2.28. The Labute approximate surface area is 140 Å². The van der Waals surface area contributed by atoms with Crippen LogP contribution in [0.2, 0.25) is 5.02 Å². The van der Waals surface area contributed by atoms with Crippen molar-refractivity contribution in [2.45, 2.75) is 6.30 Å². The predicted molar refractivity (Wildman–Crippen MR) is 89.5 cm³/mol. The lowest BCUT2D eigenvalue weighted by atomic mass is 10.0. The van der Waals surface area contributed by atoms with E-state index in [1.54, 1.807) is 36.4 Å². The number of anilines is 1. The van der Waals surface area contributed by atoms with E-state index in [1.165, 1.54) is 11.9 Å². The second-order valence-electron chi connectivity index (χ2n) is 4.88. The summed E-state index contributed by atoms with van der Waals surface area (Å²) in [7, 11) is 1.54. The number of carbonyl (C=O) groups excluding carboxylic acids is 1. The quantitative estimate of drug-likeness (QED) is 0.681. The lowest BCUT2D eigenvalue weighted by molar-refractivity contribution is -0.122. The van der Waals surface area contributed by atoms with Crippen molar-refractivity contribution in [3.8, 4) is 0 Å². The van der Waals surface area contributed by atoms with Crippen LogP contribution in [0.3, 0.4) is 0 Å². The van der Waals surface area contributed by atoms with Crippen LogP contribution in [0.25, 0.3) is 0 Å². The molecule has 2 aromatic carbocycles. The summed E-state index contributed by atoms with van der Waals surface area (Å²) in [4.78, 5) is 17.3. The van der Waals surface area contributed by atoms with Crippen LogP contribution in [0.1, 0.15) is 11.1 Å². The van der Waals surface area contributed by atoms with Crippen LogP contribution in [0, 0.1) is 0 Å². The fraction of sp³-hybridized carbons (Fsp3) is 0.125. The van der Waals surface area contributed by atoms with Gasteiger partial charge in [-0.3, -0.25) is 4.79 Å². The maximum Gasteiger partial charge on any atom is 0.284 e. The van der Waals surface area contributed by atoms with E-state index in [2.05, 4.69) is 20.9 Å². The Morgan fingerprint density at radius 1 is 1.27 bits per heavy atom. The van der Waals surface area contributed by atoms with Gasteiger partial charge >= 0.3 is 0 Å². The third-order valence-electron chi connectivity index (χ3n) is 3.45. The van der Waals surface area contributed by atoms with Crippen molar-refractivity contribution in [2.75, 3.05) is 11.9 Å². The minimum Gasteiger partial charge on any atom is -0.311 e. The van der Waals surface area contributed by atoms with Crippen LogP contribution < -0.4 is 4.90 Å². The molecule has 0 fully saturated rings. The monoisotopic (exact) mass is 380 g/mol. The number of alkyl halides is 1. The molecular formula is C16H11BrClFN2O. The first-order chi connectivity index (χ1) is 10.5. The van der Waals surface area contributed by atoms with Gasteiger partial charge in [-0.25, -0.2) is 9.38 Å². The zero-order chi connectivity index (χ0) is 15.9. The molecule has 1 atom stereocenters. The van der Waals surface area contributed by atoms with Gasteiger partial charge in [0.1, 0.15) is 0 Å². The summed E-state index contributed by atoms with van der Waals surface area (Å²) >= 11 is 9.42. The molecule has 0 aliphatic carbocycles. The van der Waals surface area contributed by atoms with Gasteiger partial charge in [0.2, 0.25) is 0 Å². The maximum atomic E-state index is 14.2. The average molecular weight is 382 g/mol. The lowest BCUT2D eigenvalue weighted by Gasteiger charge is -2.18. The summed E-state index contributed by atoms with van der Waals surface area (Å²) in [6.45, 7) is 0. The Hall–Kier alpha value is -1.72. The van der Waals surface area contributed by atoms with Crippen molar-refractivity contribution in [1.29, 1.82) is 0 Å². The van der Waals surface area contributed by atoms with Gasteiger partial charge in [0, 0.05) is 27.7 Å². The number of aliphatic imine (C=N–C) groups is 1. The lowest BCUT2D eigenvalue weighted by Crippen LogP contribution is -2.32. The summed E-state index contributed by atoms with van der Waals surface area (Å²) in [5.74, 6) is -0.694. The minimum absolute atomic E-state index is 0.406. The predicted octanol–water partition coefficient (Wildman–Crippen LogP) is 4.21. The molecule has 1 aliphatic rings. The van der Waals surface area contributed by atoms with Crippen LogP contribution in [0.5, 0.6) is 0 Å². The number of nitrogens with zero attached hydrogens (tertiary/aromatic N) is 2. The van der Waals surface area contributed by atoms with Gasteiger partial charge in [-0.2, -0.15) is 0 Å². The zero-order valence-electron chi connectivity index (χ0n) is 11.6. The molecule has 0 aromatic heterocycles. The third-order valence-corrected chi connectivity index (χ3v) is 4.18. The molecule has 0 saturated heterocycles. The number of hydrogen-bond donors (Lipinski definition) is 0. The summed E-state index contributed by atoms with van der Waals surface area (Å²) in [6, 6.07) is 12.4. The van der Waals surface area contributed by atoms with Crippen molar-refractivity contribution in [2.24, 2.45) is 4.99 Å². The topological polar surface area (TPSA) is 32.7 Å². The van der Waals surface area contributed by atoms with E-state index in [4.69, 9.17) is 11.6 Å². The number of benzodiazepines with no additional fused rings is 1. The van der Waals surface area contributed by atoms with E-state index in [1.807, 2.05) is 6.07 Å². The molecule has 3 rings (SSSR count). The molecule has 0 spiro atoms. The van der Waals surface area contributed by atoms with Crippen LogP contribution in [-0.2, 0) is 4.79 Å². The second kappa shape index (κ2) is 5.82. The van der Waals surface area contributed by atoms with E-state index in [9.17, 15) is 9.18 Å². The van der Waals surface area contributed by atoms with Gasteiger partial charge in [0.15, 0.2) is 0 Å². The van der Waals surface area contributed by atoms with Crippen molar-refractivity contribution in [1.82, 2.24) is 0 Å². The highest BCUT2D eigenvalue weighted by Gasteiger charge is 2.29. The molecule has 112 valence electrons. The number of hydrogen-bond acceptors (Lipinski definition) is 2. The Morgan fingerprint density at radius 2 is 2.05 bits per heavy atom. The van der Waals surface area contributed by atoms with E-state index in [0.29, 0.717) is 27.5 Å². The van der Waals surface area contributed by atoms with Gasteiger partial charge < -0.3 is 4.90 Å². The highest BCUT2D eigenvalue weighted by Crippen LogP contribution is 2.31. The molecule has 1 aliphatic heterocycles. The van der Waals surface area contributed by atoms with Gasteiger partial charge in [-0.15, -0.1) is 0 Å². The fourth-order valence-electron chi connectivity index (χ4n) is 2.37. The van der Waals surface area contributed by atoms with Gasteiger partial charge in [-0.1, -0.05) is 39.7 Å². The molecule has 0 radical (unpaired) electrons. The molecule has 0 N–H and O–H groups in total. The summed E-state index contributed by atoms with van der Waals surface area (Å²) in [6.07, 6.45) is -1.94. The number of amides is 1. The highest BCUT2D eigenvalue weighted by atomic mass is 79.9. The number of benzene rings is 2. The SMILES string of the molecule is CN1C(=O)C(F)N=C(c2cccc(Cl)c2)c2cc(Br)ccc21. The maximum absolute atomic E-state index is 14.2. The Bertz CT molecular complexity index is 793. The molecule has 1 unspecified atom stereocenters. The Kier molecular flexibility index (Phi) is 4.02. The molecule has 0 bridgehead atoms. The fourth-order valence-corrected chi connectivity index (χ4v) is 2.92. The smallest absolute Gasteiger partial charge is 0.284 e. The third kappa shape index (κ3) is 2.66. The largest absolute Gasteiger partial charge is 0.311 e. The first kappa shape index (κ1) is 15.2. The summed E-state index contributed by atoms with van der Waals surface area (Å²) in [5.41, 5.74) is 2.35. The van der Waals surface area contributed by atoms with Crippen molar-refractivity contribution < 1.29 is 9.18 Å². The molecule has 1 heterocycles. The van der Waals surface area contributed by atoms with Crippen molar-refractivity contribution in [3.05, 3.63) is 63.1 Å². The van der Waals surface area contributed by atoms with Crippen LogP contribution in [0.15, 0.2) is 51.9 Å². The number of halogens is 3. The summed E-state index contributed by atoms with van der Waals surface area (Å²) in [5, 5.41) is 0.524. The van der Waals surface area contributed by atoms with Gasteiger partial charge in [-0.05, 0) is 30.3 Å². The van der Waals surface area contributed by atoms with E-state index in [0.717, 1.165) is 4.47 Å². The molecule has 0 saturated carbocycles. The molecular weight excluding hydrogens is 371 g/mol. The molecule has 2 aromatic rings.